The molecule has 0 saturated carbocycles. The monoisotopic (exact) mass is 480 g/mol. The summed E-state index contributed by atoms with van der Waals surface area (Å²) in [5.74, 6) is -1.79. The second kappa shape index (κ2) is 7.80. The normalized spacial score (nSPS) is 14.8. The number of fused-ring (bicyclic) bond motifs is 1. The van der Waals surface area contributed by atoms with E-state index in [9.17, 15) is 14.4 Å². The zero-order chi connectivity index (χ0) is 19.7. The van der Waals surface area contributed by atoms with Gasteiger partial charge in [-0.1, -0.05) is 66.7 Å². The van der Waals surface area contributed by atoms with Crippen molar-refractivity contribution in [3.05, 3.63) is 105 Å². The minimum Gasteiger partial charge on any atom is -0.294 e. The van der Waals surface area contributed by atoms with Crippen molar-refractivity contribution in [3.8, 4) is 0 Å². The summed E-state index contributed by atoms with van der Waals surface area (Å²) in [5, 5.41) is 0. The van der Waals surface area contributed by atoms with Gasteiger partial charge in [-0.15, -0.1) is 0 Å². The van der Waals surface area contributed by atoms with Gasteiger partial charge in [-0.25, -0.2) is 0 Å². The first-order chi connectivity index (χ1) is 13.6. The van der Waals surface area contributed by atoms with Crippen LogP contribution in [0.15, 0.2) is 78.9 Å². The molecule has 0 bridgehead atoms. The Morgan fingerprint density at radius 1 is 0.786 bits per heavy atom. The molecule has 0 heterocycles. The average Bonchev–Trinajstić information content (AvgIpc) is 2.98. The Kier molecular flexibility index (Phi) is 5.22. The van der Waals surface area contributed by atoms with E-state index >= 15 is 0 Å². The minimum absolute atomic E-state index is 0.0678. The zero-order valence-electron chi connectivity index (χ0n) is 15.0. The van der Waals surface area contributed by atoms with E-state index in [4.69, 9.17) is 0 Å². The smallest absolute Gasteiger partial charge is 0.175 e. The van der Waals surface area contributed by atoms with E-state index in [0.717, 1.165) is 9.13 Å². The van der Waals surface area contributed by atoms with Crippen LogP contribution in [0.2, 0.25) is 0 Å². The molecule has 1 aliphatic carbocycles. The van der Waals surface area contributed by atoms with Crippen LogP contribution in [0.1, 0.15) is 49.0 Å². The third-order valence-corrected chi connectivity index (χ3v) is 5.94. The molecule has 0 saturated heterocycles. The van der Waals surface area contributed by atoms with Crippen molar-refractivity contribution in [3.63, 3.8) is 0 Å². The molecule has 0 N–H and O–H groups in total. The lowest BCUT2D eigenvalue weighted by Gasteiger charge is -2.21. The SMILES string of the molecule is O=C(CC(c1ccccc1)C1C(=O)c2ccccc2C1=O)c1ccc(I)cc1. The van der Waals surface area contributed by atoms with E-state index < -0.39 is 11.8 Å². The van der Waals surface area contributed by atoms with Gasteiger partial charge < -0.3 is 0 Å². The maximum absolute atomic E-state index is 13.1. The van der Waals surface area contributed by atoms with Gasteiger partial charge in [0.25, 0.3) is 0 Å². The van der Waals surface area contributed by atoms with Crippen molar-refractivity contribution in [2.45, 2.75) is 12.3 Å². The molecule has 1 unspecified atom stereocenters. The number of benzene rings is 3. The van der Waals surface area contributed by atoms with E-state index in [0.29, 0.717) is 16.7 Å². The van der Waals surface area contributed by atoms with Gasteiger partial charge >= 0.3 is 0 Å². The molecule has 0 fully saturated rings. The van der Waals surface area contributed by atoms with Crippen LogP contribution in [-0.2, 0) is 0 Å². The first kappa shape index (κ1) is 18.7. The molecular formula is C24H17IO3. The molecule has 3 aromatic rings. The van der Waals surface area contributed by atoms with Gasteiger partial charge in [0, 0.05) is 32.6 Å². The van der Waals surface area contributed by atoms with Crippen LogP contribution < -0.4 is 0 Å². The number of ketones is 3. The number of rotatable bonds is 5. The highest BCUT2D eigenvalue weighted by Gasteiger charge is 2.44. The summed E-state index contributed by atoms with van der Waals surface area (Å²) in [6.45, 7) is 0. The minimum atomic E-state index is -0.854. The molecule has 3 nitrogen and oxygen atoms in total. The average molecular weight is 480 g/mol. The van der Waals surface area contributed by atoms with E-state index in [1.165, 1.54) is 0 Å². The lowest BCUT2D eigenvalue weighted by molar-refractivity contribution is 0.0802. The molecule has 3 aromatic carbocycles. The molecular weight excluding hydrogens is 463 g/mol. The van der Waals surface area contributed by atoms with Crippen LogP contribution in [0, 0.1) is 9.49 Å². The Labute approximate surface area is 176 Å². The second-order valence-electron chi connectivity index (χ2n) is 6.90. The first-order valence-electron chi connectivity index (χ1n) is 9.07. The third kappa shape index (κ3) is 3.44. The van der Waals surface area contributed by atoms with Crippen LogP contribution in [0.3, 0.4) is 0 Å². The van der Waals surface area contributed by atoms with Crippen molar-refractivity contribution in [2.75, 3.05) is 0 Å². The maximum atomic E-state index is 13.1. The largest absolute Gasteiger partial charge is 0.294 e. The fourth-order valence-electron chi connectivity index (χ4n) is 3.81. The van der Waals surface area contributed by atoms with Gasteiger partial charge in [-0.3, -0.25) is 14.4 Å². The molecule has 0 amide bonds. The van der Waals surface area contributed by atoms with Crippen LogP contribution in [0.25, 0.3) is 0 Å². The molecule has 0 radical (unpaired) electrons. The van der Waals surface area contributed by atoms with Crippen molar-refractivity contribution in [1.82, 2.24) is 0 Å². The first-order valence-corrected chi connectivity index (χ1v) is 10.2. The van der Waals surface area contributed by atoms with Crippen LogP contribution >= 0.6 is 22.6 Å². The van der Waals surface area contributed by atoms with E-state index in [2.05, 4.69) is 22.6 Å². The highest BCUT2D eigenvalue weighted by Crippen LogP contribution is 2.39. The van der Waals surface area contributed by atoms with Gasteiger partial charge in [-0.05, 0) is 40.3 Å². The molecule has 138 valence electrons. The van der Waals surface area contributed by atoms with Crippen molar-refractivity contribution in [2.24, 2.45) is 5.92 Å². The van der Waals surface area contributed by atoms with Gasteiger partial charge in [0.15, 0.2) is 17.3 Å². The Balaban J connectivity index is 1.71. The standard InChI is InChI=1S/C24H17IO3/c25-17-12-10-16(11-13-17)21(26)14-20(15-6-2-1-3-7-15)22-23(27)18-8-4-5-9-19(18)24(22)28/h1-13,20,22H,14H2. The number of Topliss-reactive ketones (excluding diaryl/α,β-unsaturated/α-hetero) is 3. The Hall–Kier alpha value is -2.60. The summed E-state index contributed by atoms with van der Waals surface area (Å²) in [6, 6.07) is 23.7. The number of carbonyl (C=O) groups is 3. The van der Waals surface area contributed by atoms with Crippen molar-refractivity contribution < 1.29 is 14.4 Å². The number of hydrogen-bond donors (Lipinski definition) is 0. The van der Waals surface area contributed by atoms with Gasteiger partial charge in [0.1, 0.15) is 0 Å². The lowest BCUT2D eigenvalue weighted by atomic mass is 9.79. The molecule has 28 heavy (non-hydrogen) atoms. The van der Waals surface area contributed by atoms with Crippen molar-refractivity contribution >= 4 is 39.9 Å². The summed E-state index contributed by atoms with van der Waals surface area (Å²) >= 11 is 2.19. The molecule has 1 atom stereocenters. The quantitative estimate of drug-likeness (QED) is 0.281. The lowest BCUT2D eigenvalue weighted by Crippen LogP contribution is -2.26. The zero-order valence-corrected chi connectivity index (χ0v) is 17.1. The molecule has 1 aliphatic rings. The third-order valence-electron chi connectivity index (χ3n) is 5.22. The fourth-order valence-corrected chi connectivity index (χ4v) is 4.17. The molecule has 4 heteroatoms. The van der Waals surface area contributed by atoms with E-state index in [-0.39, 0.29) is 23.8 Å². The predicted octanol–water partition coefficient (Wildman–Crippen LogP) is 5.34. The summed E-state index contributed by atoms with van der Waals surface area (Å²) in [5.41, 5.74) is 2.35. The summed E-state index contributed by atoms with van der Waals surface area (Å²) in [4.78, 5) is 39.1. The van der Waals surface area contributed by atoms with Crippen molar-refractivity contribution in [1.29, 1.82) is 0 Å². The number of carbonyl (C=O) groups excluding carboxylic acids is 3. The number of hydrogen-bond acceptors (Lipinski definition) is 3. The second-order valence-corrected chi connectivity index (χ2v) is 8.15. The molecule has 0 aromatic heterocycles. The van der Waals surface area contributed by atoms with E-state index in [1.807, 2.05) is 42.5 Å². The topological polar surface area (TPSA) is 51.2 Å². The Bertz CT molecular complexity index is 1020. The Morgan fingerprint density at radius 3 is 1.89 bits per heavy atom. The highest BCUT2D eigenvalue weighted by atomic mass is 127. The van der Waals surface area contributed by atoms with Gasteiger partial charge in [0.2, 0.25) is 0 Å². The molecule has 4 rings (SSSR count). The molecule has 0 aliphatic heterocycles. The number of halogens is 1. The van der Waals surface area contributed by atoms with E-state index in [1.54, 1.807) is 36.4 Å². The molecule has 0 spiro atoms. The summed E-state index contributed by atoms with van der Waals surface area (Å²) < 4.78 is 1.05. The van der Waals surface area contributed by atoms with Crippen LogP contribution in [0.5, 0.6) is 0 Å². The predicted molar refractivity (Wildman–Crippen MR) is 116 cm³/mol. The Morgan fingerprint density at radius 2 is 1.32 bits per heavy atom. The van der Waals surface area contributed by atoms with Gasteiger partial charge in [-0.2, -0.15) is 0 Å². The van der Waals surface area contributed by atoms with Gasteiger partial charge in [0.05, 0.1) is 5.92 Å². The fraction of sp³-hybridized carbons (Fsp3) is 0.125. The maximum Gasteiger partial charge on any atom is 0.175 e. The highest BCUT2D eigenvalue weighted by molar-refractivity contribution is 14.1. The summed E-state index contributed by atoms with van der Waals surface area (Å²) in [7, 11) is 0. The van der Waals surface area contributed by atoms with Crippen LogP contribution in [-0.4, -0.2) is 17.3 Å². The van der Waals surface area contributed by atoms with Crippen LogP contribution in [0.4, 0.5) is 0 Å². The summed E-state index contributed by atoms with van der Waals surface area (Å²) in [6.07, 6.45) is 0.112.